The maximum atomic E-state index is 13.4. The van der Waals surface area contributed by atoms with Gasteiger partial charge in [0.1, 0.15) is 17.1 Å². The average molecular weight is 616 g/mol. The normalized spacial score (nSPS) is 17.3. The third kappa shape index (κ3) is 9.06. The number of aliphatic hydroxyl groups is 1. The van der Waals surface area contributed by atoms with Crippen LogP contribution in [0.5, 0.6) is 0 Å². The Balaban J connectivity index is 1.32. The number of aliphatic hydroxyl groups excluding tert-OH is 1. The number of halogens is 3. The Kier molecular flexibility index (Phi) is 10.7. The van der Waals surface area contributed by atoms with Gasteiger partial charge in [-0.15, -0.1) is 0 Å². The summed E-state index contributed by atoms with van der Waals surface area (Å²) in [6.45, 7) is 6.20. The quantitative estimate of drug-likeness (QED) is 0.280. The summed E-state index contributed by atoms with van der Waals surface area (Å²) < 4.78 is 46.1. The molecule has 0 saturated carbocycles. The van der Waals surface area contributed by atoms with Crippen LogP contribution in [0.4, 0.5) is 23.7 Å². The van der Waals surface area contributed by atoms with Gasteiger partial charge in [0.2, 0.25) is 0 Å². The molecule has 44 heavy (non-hydrogen) atoms. The lowest BCUT2D eigenvalue weighted by molar-refractivity contribution is -0.137. The van der Waals surface area contributed by atoms with E-state index in [0.717, 1.165) is 23.3 Å². The Labute approximate surface area is 254 Å². The summed E-state index contributed by atoms with van der Waals surface area (Å²) in [4.78, 5) is 29.8. The number of hydrogen-bond donors (Lipinski definition) is 4. The molecule has 1 aliphatic carbocycles. The molecule has 2 aromatic rings. The number of aryl methyl sites for hydroxylation is 1. The maximum Gasteiger partial charge on any atom is 0.416 e. The second-order valence-electron chi connectivity index (χ2n) is 11.9. The molecule has 0 bridgehead atoms. The van der Waals surface area contributed by atoms with Crippen LogP contribution in [0, 0.1) is 0 Å². The van der Waals surface area contributed by atoms with Crippen LogP contribution in [0.25, 0.3) is 0 Å². The zero-order chi connectivity index (χ0) is 31.9. The Morgan fingerprint density at radius 2 is 1.91 bits per heavy atom. The SMILES string of the molecule is CC(C)(C)OC(=O)NCC1=CCC=C(CCN[C@@H](CO)C2CCc3ncc(NCc4cccc(C(F)(F)F)c4)c(=O)n32)C=C1. The van der Waals surface area contributed by atoms with Crippen molar-refractivity contribution in [1.29, 1.82) is 0 Å². The summed E-state index contributed by atoms with van der Waals surface area (Å²) >= 11 is 0. The number of alkyl carbamates (subject to hydrolysis) is 1. The van der Waals surface area contributed by atoms with Crippen LogP contribution in [0.15, 0.2) is 70.7 Å². The van der Waals surface area contributed by atoms with Gasteiger partial charge in [-0.05, 0) is 69.8 Å². The molecular formula is C32H40F3N5O4. The van der Waals surface area contributed by atoms with Gasteiger partial charge in [0, 0.05) is 19.5 Å². The van der Waals surface area contributed by atoms with Crippen molar-refractivity contribution in [3.8, 4) is 0 Å². The number of aromatic nitrogens is 2. The first kappa shape index (κ1) is 33.0. The topological polar surface area (TPSA) is 118 Å². The first-order valence-corrected chi connectivity index (χ1v) is 14.7. The molecular weight excluding hydrogens is 575 g/mol. The maximum absolute atomic E-state index is 13.4. The number of nitrogens with zero attached hydrogens (tertiary/aromatic N) is 2. The summed E-state index contributed by atoms with van der Waals surface area (Å²) in [7, 11) is 0. The number of fused-ring (bicyclic) bond motifs is 1. The highest BCUT2D eigenvalue weighted by atomic mass is 19.4. The summed E-state index contributed by atoms with van der Waals surface area (Å²) in [5, 5.41) is 19.3. The van der Waals surface area contributed by atoms with Gasteiger partial charge in [0.05, 0.1) is 30.5 Å². The van der Waals surface area contributed by atoms with Gasteiger partial charge in [-0.1, -0.05) is 42.0 Å². The van der Waals surface area contributed by atoms with Gasteiger partial charge in [-0.2, -0.15) is 13.2 Å². The van der Waals surface area contributed by atoms with Gasteiger partial charge in [0.15, 0.2) is 0 Å². The van der Waals surface area contributed by atoms with Crippen LogP contribution in [0.3, 0.4) is 0 Å². The summed E-state index contributed by atoms with van der Waals surface area (Å²) in [6, 6.07) is 4.24. The standard InChI is InChI=1S/C32H40F3N5O4/c1-31(2,3)44-30(43)39-17-22-7-4-6-21(10-11-22)14-15-36-26(20-41)27-12-13-28-38-19-25(29(42)40(27)28)37-18-23-8-5-9-24(16-23)32(33,34)35/h5-11,16,19,26-27,36-37,41H,4,12-15,17-18,20H2,1-3H3,(H,39,43)/t26-,27?/m0/s1. The molecule has 4 N–H and O–H groups in total. The molecule has 0 spiro atoms. The molecule has 0 radical (unpaired) electrons. The molecule has 2 atom stereocenters. The molecule has 1 amide bonds. The largest absolute Gasteiger partial charge is 0.444 e. The summed E-state index contributed by atoms with van der Waals surface area (Å²) in [5.41, 5.74) is 1.01. The van der Waals surface area contributed by atoms with E-state index < -0.39 is 29.5 Å². The van der Waals surface area contributed by atoms with E-state index in [1.165, 1.54) is 12.3 Å². The fourth-order valence-electron chi connectivity index (χ4n) is 5.23. The number of allylic oxidation sites excluding steroid dienone is 3. The molecule has 1 aromatic carbocycles. The van der Waals surface area contributed by atoms with Gasteiger partial charge < -0.3 is 25.8 Å². The van der Waals surface area contributed by atoms with Crippen LogP contribution in [-0.4, -0.2) is 52.1 Å². The number of amides is 1. The molecule has 9 nitrogen and oxygen atoms in total. The van der Waals surface area contributed by atoms with E-state index in [0.29, 0.717) is 50.2 Å². The van der Waals surface area contributed by atoms with E-state index in [1.807, 2.05) is 39.0 Å². The first-order chi connectivity index (χ1) is 20.8. The lowest BCUT2D eigenvalue weighted by atomic mass is 10.1. The number of hydrogen-bond acceptors (Lipinski definition) is 7. The van der Waals surface area contributed by atoms with Crippen molar-refractivity contribution in [3.05, 3.63) is 93.2 Å². The van der Waals surface area contributed by atoms with Crippen molar-refractivity contribution in [2.75, 3.05) is 25.0 Å². The molecule has 12 heteroatoms. The van der Waals surface area contributed by atoms with E-state index >= 15 is 0 Å². The minimum atomic E-state index is -4.45. The number of benzene rings is 1. The van der Waals surface area contributed by atoms with E-state index in [9.17, 15) is 27.9 Å². The zero-order valence-electron chi connectivity index (χ0n) is 25.2. The minimum absolute atomic E-state index is 0.0306. The Morgan fingerprint density at radius 3 is 2.64 bits per heavy atom. The molecule has 1 aliphatic heterocycles. The van der Waals surface area contributed by atoms with Crippen LogP contribution in [-0.2, 0) is 23.9 Å². The third-order valence-corrected chi connectivity index (χ3v) is 7.39. The van der Waals surface area contributed by atoms with E-state index in [2.05, 4.69) is 27.0 Å². The van der Waals surface area contributed by atoms with E-state index in [4.69, 9.17) is 4.74 Å². The fourth-order valence-corrected chi connectivity index (χ4v) is 5.23. The predicted molar refractivity (Wildman–Crippen MR) is 162 cm³/mol. The monoisotopic (exact) mass is 615 g/mol. The molecule has 0 saturated heterocycles. The number of nitrogens with one attached hydrogen (secondary N) is 3. The molecule has 1 aromatic heterocycles. The van der Waals surface area contributed by atoms with Gasteiger partial charge in [-0.3, -0.25) is 9.36 Å². The van der Waals surface area contributed by atoms with Crippen molar-refractivity contribution < 1.29 is 27.8 Å². The summed E-state index contributed by atoms with van der Waals surface area (Å²) in [6.07, 6.45) is 7.22. The van der Waals surface area contributed by atoms with Crippen LogP contribution in [0.1, 0.15) is 63.0 Å². The van der Waals surface area contributed by atoms with Gasteiger partial charge in [0.25, 0.3) is 5.56 Å². The zero-order valence-corrected chi connectivity index (χ0v) is 25.2. The number of carbonyl (C=O) groups is 1. The predicted octanol–water partition coefficient (Wildman–Crippen LogP) is 5.04. The molecule has 2 heterocycles. The average Bonchev–Trinajstić information content (AvgIpc) is 3.26. The van der Waals surface area contributed by atoms with E-state index in [1.54, 1.807) is 10.6 Å². The molecule has 0 fully saturated rings. The van der Waals surface area contributed by atoms with Crippen molar-refractivity contribution in [1.82, 2.24) is 20.2 Å². The Hall–Kier alpha value is -3.90. The van der Waals surface area contributed by atoms with Crippen LogP contribution in [0.2, 0.25) is 0 Å². The van der Waals surface area contributed by atoms with Crippen molar-refractivity contribution >= 4 is 11.8 Å². The highest BCUT2D eigenvalue weighted by Crippen LogP contribution is 2.30. The van der Waals surface area contributed by atoms with Crippen molar-refractivity contribution in [2.24, 2.45) is 0 Å². The van der Waals surface area contributed by atoms with E-state index in [-0.39, 0.29) is 30.4 Å². The summed E-state index contributed by atoms with van der Waals surface area (Å²) in [5.74, 6) is 0.609. The molecule has 1 unspecified atom stereocenters. The Bertz CT molecular complexity index is 1470. The highest BCUT2D eigenvalue weighted by molar-refractivity contribution is 5.68. The fraction of sp³-hybridized carbons (Fsp3) is 0.469. The van der Waals surface area contributed by atoms with Gasteiger partial charge >= 0.3 is 12.3 Å². The van der Waals surface area contributed by atoms with Crippen molar-refractivity contribution in [3.63, 3.8) is 0 Å². The smallest absolute Gasteiger partial charge is 0.416 e. The molecule has 238 valence electrons. The number of rotatable bonds is 11. The lowest BCUT2D eigenvalue weighted by Gasteiger charge is -2.25. The molecule has 4 rings (SSSR count). The van der Waals surface area contributed by atoms with Crippen molar-refractivity contribution in [2.45, 2.75) is 76.9 Å². The number of alkyl halides is 3. The second-order valence-corrected chi connectivity index (χ2v) is 11.9. The highest BCUT2D eigenvalue weighted by Gasteiger charge is 2.32. The second kappa shape index (κ2) is 14.3. The Morgan fingerprint density at radius 1 is 1.16 bits per heavy atom. The van der Waals surface area contributed by atoms with Gasteiger partial charge in [-0.25, -0.2) is 9.78 Å². The molecule has 2 aliphatic rings. The number of ether oxygens (including phenoxy) is 1. The first-order valence-electron chi connectivity index (χ1n) is 14.7. The number of carbonyl (C=O) groups excluding carboxylic acids is 1. The lowest BCUT2D eigenvalue weighted by Crippen LogP contribution is -2.43. The van der Waals surface area contributed by atoms with Crippen LogP contribution < -0.4 is 21.5 Å². The minimum Gasteiger partial charge on any atom is -0.444 e. The number of anilines is 1. The third-order valence-electron chi connectivity index (χ3n) is 7.39. The van der Waals surface area contributed by atoms with Crippen LogP contribution >= 0.6 is 0 Å².